The molecule has 1 aliphatic rings. The van der Waals surface area contributed by atoms with Crippen LogP contribution in [-0.4, -0.2) is 32.3 Å². The van der Waals surface area contributed by atoms with Crippen LogP contribution in [0.4, 0.5) is 0 Å². The van der Waals surface area contributed by atoms with E-state index in [0.29, 0.717) is 18.3 Å². The van der Waals surface area contributed by atoms with Gasteiger partial charge in [-0.1, -0.05) is 64.7 Å². The van der Waals surface area contributed by atoms with Gasteiger partial charge in [-0.2, -0.15) is 8.42 Å². The van der Waals surface area contributed by atoms with Gasteiger partial charge in [0.25, 0.3) is 10.1 Å². The molecule has 0 radical (unpaired) electrons. The van der Waals surface area contributed by atoms with E-state index in [1.54, 1.807) is 0 Å². The van der Waals surface area contributed by atoms with Crippen LogP contribution in [0, 0.1) is 11.8 Å². The molecule has 0 spiro atoms. The summed E-state index contributed by atoms with van der Waals surface area (Å²) in [6.07, 6.45) is 14.5. The Morgan fingerprint density at radius 1 is 0.966 bits per heavy atom. The highest BCUT2D eigenvalue weighted by Crippen LogP contribution is 2.45. The maximum atomic E-state index is 11.9. The van der Waals surface area contributed by atoms with E-state index in [0.717, 1.165) is 57.6 Å². The van der Waals surface area contributed by atoms with Crippen molar-refractivity contribution in [3.8, 4) is 0 Å². The van der Waals surface area contributed by atoms with E-state index in [9.17, 15) is 13.2 Å². The normalized spacial score (nSPS) is 20.4. The van der Waals surface area contributed by atoms with Gasteiger partial charge in [-0.3, -0.25) is 8.98 Å². The van der Waals surface area contributed by atoms with Gasteiger partial charge in [-0.15, -0.1) is 0 Å². The number of hydrogen-bond acceptors (Lipinski definition) is 5. The Morgan fingerprint density at radius 2 is 1.55 bits per heavy atom. The molecule has 0 aromatic rings. The summed E-state index contributed by atoms with van der Waals surface area (Å²) in [5.74, 6) is 0.997. The number of carbonyl (C=O) groups excluding carboxylic acids is 1. The summed E-state index contributed by atoms with van der Waals surface area (Å²) >= 11 is 0. The predicted octanol–water partition coefficient (Wildman–Crippen LogP) is 6.01. The first-order chi connectivity index (χ1) is 13.5. The lowest BCUT2D eigenvalue weighted by molar-refractivity contribution is -0.155. The monoisotopic (exact) mass is 432 g/mol. The first-order valence-corrected chi connectivity index (χ1v) is 13.4. The maximum Gasteiger partial charge on any atom is 0.306 e. The Morgan fingerprint density at radius 3 is 2.14 bits per heavy atom. The molecule has 0 amide bonds. The first-order valence-electron chi connectivity index (χ1n) is 11.6. The lowest BCUT2D eigenvalue weighted by Crippen LogP contribution is -2.24. The number of ether oxygens (including phenoxy) is 1. The van der Waals surface area contributed by atoms with E-state index in [1.807, 2.05) is 20.8 Å². The van der Waals surface area contributed by atoms with E-state index in [4.69, 9.17) is 8.92 Å². The van der Waals surface area contributed by atoms with Crippen LogP contribution in [-0.2, 0) is 23.8 Å². The molecule has 0 aromatic heterocycles. The largest absolute Gasteiger partial charge is 0.460 e. The Kier molecular flexibility index (Phi) is 11.8. The van der Waals surface area contributed by atoms with Gasteiger partial charge in [0.15, 0.2) is 0 Å². The molecule has 5 nitrogen and oxygen atoms in total. The molecule has 0 aliphatic heterocycles. The van der Waals surface area contributed by atoms with Gasteiger partial charge in [0, 0.05) is 6.42 Å². The van der Waals surface area contributed by atoms with Crippen molar-refractivity contribution in [2.75, 3.05) is 6.26 Å². The van der Waals surface area contributed by atoms with Crippen LogP contribution in [0.25, 0.3) is 0 Å². The number of rotatable bonds is 16. The summed E-state index contributed by atoms with van der Waals surface area (Å²) in [7, 11) is -3.40. The quantitative estimate of drug-likeness (QED) is 0.170. The molecule has 0 bridgehead atoms. The summed E-state index contributed by atoms with van der Waals surface area (Å²) in [5.41, 5.74) is -0.411. The second-order valence-corrected chi connectivity index (χ2v) is 11.4. The molecule has 1 rings (SSSR count). The van der Waals surface area contributed by atoms with Gasteiger partial charge < -0.3 is 4.74 Å². The highest BCUT2D eigenvalue weighted by molar-refractivity contribution is 7.86. The second-order valence-electron chi connectivity index (χ2n) is 9.81. The van der Waals surface area contributed by atoms with Crippen LogP contribution in [0.3, 0.4) is 0 Å². The van der Waals surface area contributed by atoms with Gasteiger partial charge in [0.05, 0.1) is 12.4 Å². The van der Waals surface area contributed by atoms with Gasteiger partial charge in [-0.05, 0) is 51.9 Å². The molecule has 29 heavy (non-hydrogen) atoms. The minimum Gasteiger partial charge on any atom is -0.460 e. The zero-order valence-corrected chi connectivity index (χ0v) is 20.2. The Balaban J connectivity index is 2.20. The molecule has 0 N–H and O–H groups in total. The van der Waals surface area contributed by atoms with E-state index >= 15 is 0 Å². The van der Waals surface area contributed by atoms with Crippen molar-refractivity contribution in [1.82, 2.24) is 0 Å². The van der Waals surface area contributed by atoms with E-state index in [2.05, 4.69) is 6.92 Å². The maximum absolute atomic E-state index is 11.9. The van der Waals surface area contributed by atoms with Crippen molar-refractivity contribution in [3.63, 3.8) is 0 Å². The van der Waals surface area contributed by atoms with Crippen molar-refractivity contribution >= 4 is 16.1 Å². The fraction of sp³-hybridized carbons (Fsp3) is 0.957. The molecular weight excluding hydrogens is 388 g/mol. The zero-order chi connectivity index (χ0) is 21.9. The fourth-order valence-electron chi connectivity index (χ4n) is 3.93. The van der Waals surface area contributed by atoms with Crippen molar-refractivity contribution < 1.29 is 22.1 Å². The number of unbranched alkanes of at least 4 members (excludes halogenated alkanes) is 6. The zero-order valence-electron chi connectivity index (χ0n) is 19.4. The lowest BCUT2D eigenvalue weighted by atomic mass is 10.0. The number of esters is 1. The average molecular weight is 433 g/mol. The van der Waals surface area contributed by atoms with Crippen molar-refractivity contribution in [3.05, 3.63) is 0 Å². The van der Waals surface area contributed by atoms with Gasteiger partial charge in [0.2, 0.25) is 0 Å². The summed E-state index contributed by atoms with van der Waals surface area (Å²) in [5, 5.41) is 0. The highest BCUT2D eigenvalue weighted by Gasteiger charge is 2.38. The minimum atomic E-state index is -3.40. The van der Waals surface area contributed by atoms with Crippen molar-refractivity contribution in [2.24, 2.45) is 11.8 Å². The van der Waals surface area contributed by atoms with Crippen LogP contribution >= 0.6 is 0 Å². The van der Waals surface area contributed by atoms with Crippen LogP contribution in [0.1, 0.15) is 111 Å². The molecule has 1 fully saturated rings. The topological polar surface area (TPSA) is 69.7 Å². The van der Waals surface area contributed by atoms with Crippen LogP contribution in [0.5, 0.6) is 0 Å². The molecule has 0 saturated heterocycles. The van der Waals surface area contributed by atoms with Crippen LogP contribution in [0.2, 0.25) is 0 Å². The Bertz CT molecular complexity index is 564. The fourth-order valence-corrected chi connectivity index (χ4v) is 4.62. The molecule has 3 unspecified atom stereocenters. The molecule has 6 heteroatoms. The summed E-state index contributed by atoms with van der Waals surface area (Å²) in [4.78, 5) is 11.9. The van der Waals surface area contributed by atoms with Crippen molar-refractivity contribution in [2.45, 2.75) is 123 Å². The Hall–Kier alpha value is -0.620. The molecule has 1 saturated carbocycles. The summed E-state index contributed by atoms with van der Waals surface area (Å²) < 4.78 is 33.8. The molecular formula is C23H44O5S. The van der Waals surface area contributed by atoms with Gasteiger partial charge in [-0.25, -0.2) is 0 Å². The summed E-state index contributed by atoms with van der Waals surface area (Å²) in [6.45, 7) is 7.90. The molecule has 0 aromatic carbocycles. The number of carbonyl (C=O) groups is 1. The van der Waals surface area contributed by atoms with E-state index in [1.165, 1.54) is 25.7 Å². The molecule has 0 heterocycles. The Labute approximate surface area is 179 Å². The summed E-state index contributed by atoms with van der Waals surface area (Å²) in [6, 6.07) is 0. The smallest absolute Gasteiger partial charge is 0.306 e. The first kappa shape index (κ1) is 26.4. The van der Waals surface area contributed by atoms with Gasteiger partial charge >= 0.3 is 5.97 Å². The van der Waals surface area contributed by atoms with Crippen LogP contribution < -0.4 is 0 Å². The van der Waals surface area contributed by atoms with Crippen molar-refractivity contribution in [1.29, 1.82) is 0 Å². The number of hydrogen-bond donors (Lipinski definition) is 0. The minimum absolute atomic E-state index is 0.0921. The van der Waals surface area contributed by atoms with E-state index in [-0.39, 0.29) is 12.1 Å². The van der Waals surface area contributed by atoms with Gasteiger partial charge in [0.1, 0.15) is 5.60 Å². The predicted molar refractivity (Wildman–Crippen MR) is 118 cm³/mol. The second kappa shape index (κ2) is 12.9. The van der Waals surface area contributed by atoms with Crippen LogP contribution in [0.15, 0.2) is 0 Å². The standard InChI is InChI=1S/C23H44O5S/c1-6-7-8-9-10-11-15-21(28-29(5,25)26)16-13-12-14-19-17-20(19)18-22(24)27-23(2,3)4/h19-21H,6-18H2,1-5H3. The average Bonchev–Trinajstić information content (AvgIpc) is 3.28. The molecule has 3 atom stereocenters. The molecule has 1 aliphatic carbocycles. The highest BCUT2D eigenvalue weighted by atomic mass is 32.2. The third-order valence-corrected chi connectivity index (χ3v) is 6.08. The lowest BCUT2D eigenvalue weighted by Gasteiger charge is -2.19. The molecule has 172 valence electrons. The third kappa shape index (κ3) is 14.9. The van der Waals surface area contributed by atoms with E-state index < -0.39 is 15.7 Å². The third-order valence-electron chi connectivity index (χ3n) is 5.46. The SMILES string of the molecule is CCCCCCCCC(CCCCC1CC1CC(=O)OC(C)(C)C)OS(C)(=O)=O.